The van der Waals surface area contributed by atoms with E-state index in [0.717, 1.165) is 22.8 Å². The molecule has 1 aliphatic heterocycles. The lowest BCUT2D eigenvalue weighted by Crippen LogP contribution is -2.47. The maximum atomic E-state index is 13.3. The Morgan fingerprint density at radius 2 is 1.81 bits per heavy atom. The summed E-state index contributed by atoms with van der Waals surface area (Å²) in [6.07, 6.45) is 1.21. The minimum absolute atomic E-state index is 0.101. The lowest BCUT2D eigenvalue weighted by atomic mass is 10.1. The molecule has 0 aromatic heterocycles. The average molecular weight is 528 g/mol. The molecule has 2 amide bonds. The molecule has 0 aliphatic carbocycles. The van der Waals surface area contributed by atoms with Crippen LogP contribution in [0, 0.1) is 0 Å². The predicted molar refractivity (Wildman–Crippen MR) is 142 cm³/mol. The van der Waals surface area contributed by atoms with Crippen LogP contribution in [-0.4, -0.2) is 44.3 Å². The van der Waals surface area contributed by atoms with Gasteiger partial charge < -0.3 is 10.2 Å². The van der Waals surface area contributed by atoms with Gasteiger partial charge >= 0.3 is 0 Å². The molecule has 0 spiro atoms. The van der Waals surface area contributed by atoms with Gasteiger partial charge in [-0.15, -0.1) is 0 Å². The molecular formula is C27H30ClN3O4S. The Hall–Kier alpha value is -3.10. The molecule has 0 fully saturated rings. The molecule has 0 unspecified atom stereocenters. The summed E-state index contributed by atoms with van der Waals surface area (Å²) in [7, 11) is -3.68. The number of carbonyl (C=O) groups excluding carboxylic acids is 2. The van der Waals surface area contributed by atoms with Crippen LogP contribution in [0.2, 0.25) is 5.02 Å². The maximum Gasteiger partial charge on any atom is 0.265 e. The molecule has 3 aromatic rings. The maximum absolute atomic E-state index is 13.3. The summed E-state index contributed by atoms with van der Waals surface area (Å²) in [5.41, 5.74) is 1.45. The highest BCUT2D eigenvalue weighted by Crippen LogP contribution is 2.42. The van der Waals surface area contributed by atoms with Crippen molar-refractivity contribution >= 4 is 49.9 Å². The van der Waals surface area contributed by atoms with Crippen molar-refractivity contribution in [2.75, 3.05) is 17.4 Å². The van der Waals surface area contributed by atoms with Gasteiger partial charge in [0.1, 0.15) is 6.04 Å². The Balaban J connectivity index is 1.49. The minimum Gasteiger partial charge on any atom is -0.354 e. The molecule has 36 heavy (non-hydrogen) atoms. The first-order valence-corrected chi connectivity index (χ1v) is 13.9. The third kappa shape index (κ3) is 5.20. The van der Waals surface area contributed by atoms with E-state index < -0.39 is 16.1 Å². The number of benzene rings is 3. The molecule has 0 radical (unpaired) electrons. The summed E-state index contributed by atoms with van der Waals surface area (Å²) in [6.45, 7) is 4.60. The molecule has 9 heteroatoms. The number of hydrogen-bond donors (Lipinski definition) is 1. The largest absolute Gasteiger partial charge is 0.354 e. The zero-order valence-corrected chi connectivity index (χ0v) is 22.0. The quantitative estimate of drug-likeness (QED) is 0.413. The summed E-state index contributed by atoms with van der Waals surface area (Å²) >= 11 is 6.13. The Kier molecular flexibility index (Phi) is 7.85. The van der Waals surface area contributed by atoms with E-state index in [1.54, 1.807) is 43.3 Å². The number of hydrogen-bond acceptors (Lipinski definition) is 4. The molecule has 0 bridgehead atoms. The first-order chi connectivity index (χ1) is 17.2. The fraction of sp³-hybridized carbons (Fsp3) is 0.333. The van der Waals surface area contributed by atoms with Gasteiger partial charge in [-0.25, -0.2) is 8.42 Å². The second kappa shape index (κ2) is 10.9. The van der Waals surface area contributed by atoms with Crippen molar-refractivity contribution < 1.29 is 18.0 Å². The normalized spacial score (nSPS) is 14.6. The Bertz CT molecular complexity index is 1390. The van der Waals surface area contributed by atoms with Gasteiger partial charge in [0.15, 0.2) is 0 Å². The number of nitrogens with zero attached hydrogens (tertiary/aromatic N) is 2. The van der Waals surface area contributed by atoms with Gasteiger partial charge in [0.05, 0.1) is 10.6 Å². The van der Waals surface area contributed by atoms with Gasteiger partial charge in [0.2, 0.25) is 11.8 Å². The van der Waals surface area contributed by atoms with Gasteiger partial charge in [0, 0.05) is 36.5 Å². The lowest BCUT2D eigenvalue weighted by Gasteiger charge is -2.29. The second-order valence-corrected chi connectivity index (χ2v) is 11.2. The number of sulfonamides is 1. The first kappa shape index (κ1) is 26.0. The molecule has 190 valence electrons. The average Bonchev–Trinajstić information content (AvgIpc) is 3.08. The highest BCUT2D eigenvalue weighted by Gasteiger charge is 2.35. The van der Waals surface area contributed by atoms with E-state index in [2.05, 4.69) is 5.32 Å². The van der Waals surface area contributed by atoms with E-state index in [4.69, 9.17) is 11.6 Å². The number of nitrogens with one attached hydrogen (secondary N) is 1. The van der Waals surface area contributed by atoms with Gasteiger partial charge in [-0.05, 0) is 55.0 Å². The highest BCUT2D eigenvalue weighted by atomic mass is 35.5. The van der Waals surface area contributed by atoms with Crippen molar-refractivity contribution in [1.29, 1.82) is 0 Å². The minimum atomic E-state index is -3.68. The third-order valence-electron chi connectivity index (χ3n) is 6.39. The summed E-state index contributed by atoms with van der Waals surface area (Å²) in [5.74, 6) is -0.446. The predicted octanol–water partition coefficient (Wildman–Crippen LogP) is 4.73. The topological polar surface area (TPSA) is 86.8 Å². The zero-order valence-electron chi connectivity index (χ0n) is 20.4. The van der Waals surface area contributed by atoms with Crippen molar-refractivity contribution in [3.8, 4) is 0 Å². The van der Waals surface area contributed by atoms with E-state index in [1.165, 1.54) is 9.21 Å². The Morgan fingerprint density at radius 1 is 1.08 bits per heavy atom. The van der Waals surface area contributed by atoms with Crippen molar-refractivity contribution in [3.05, 3.63) is 71.2 Å². The molecule has 0 saturated heterocycles. The van der Waals surface area contributed by atoms with Crippen LogP contribution in [0.15, 0.2) is 65.6 Å². The van der Waals surface area contributed by atoms with Crippen molar-refractivity contribution in [2.45, 2.75) is 50.6 Å². The number of carbonyl (C=O) groups is 2. The summed E-state index contributed by atoms with van der Waals surface area (Å²) < 4.78 is 27.8. The van der Waals surface area contributed by atoms with Crippen LogP contribution >= 0.6 is 11.6 Å². The Labute approximate surface area is 217 Å². The lowest BCUT2D eigenvalue weighted by molar-refractivity contribution is -0.140. The van der Waals surface area contributed by atoms with Crippen molar-refractivity contribution in [1.82, 2.24) is 10.2 Å². The number of halogens is 1. The van der Waals surface area contributed by atoms with E-state index in [-0.39, 0.29) is 31.3 Å². The van der Waals surface area contributed by atoms with Crippen LogP contribution in [0.3, 0.4) is 0 Å². The van der Waals surface area contributed by atoms with Gasteiger partial charge in [0.25, 0.3) is 10.0 Å². The standard InChI is InChI=1S/C27H30ClN3O4S/c1-3-15-29-27(33)19(2)30(18-20-8-4-11-22(28)17-20)25(32)14-7-16-31-23-12-5-9-21-10-6-13-24(26(21)23)36(31,34)35/h4-6,8-13,17,19H,3,7,14-16,18H2,1-2H3,(H,29,33)/t19-/m1/s1. The number of rotatable bonds is 10. The van der Waals surface area contributed by atoms with Crippen molar-refractivity contribution in [2.24, 2.45) is 0 Å². The van der Waals surface area contributed by atoms with E-state index in [9.17, 15) is 18.0 Å². The fourth-order valence-corrected chi connectivity index (χ4v) is 6.49. The first-order valence-electron chi connectivity index (χ1n) is 12.1. The summed E-state index contributed by atoms with van der Waals surface area (Å²) in [5, 5.41) is 4.99. The molecular weight excluding hydrogens is 498 g/mol. The molecule has 1 aliphatic rings. The van der Waals surface area contributed by atoms with Crippen LogP contribution in [-0.2, 0) is 26.2 Å². The molecule has 3 aromatic carbocycles. The molecule has 1 heterocycles. The summed E-state index contributed by atoms with van der Waals surface area (Å²) in [4.78, 5) is 27.9. The van der Waals surface area contributed by atoms with Crippen molar-refractivity contribution in [3.63, 3.8) is 0 Å². The monoisotopic (exact) mass is 527 g/mol. The van der Waals surface area contributed by atoms with Crippen LogP contribution in [0.25, 0.3) is 10.8 Å². The smallest absolute Gasteiger partial charge is 0.265 e. The second-order valence-electron chi connectivity index (χ2n) is 8.93. The molecule has 1 atom stereocenters. The van der Waals surface area contributed by atoms with E-state index in [0.29, 0.717) is 28.6 Å². The van der Waals surface area contributed by atoms with E-state index in [1.807, 2.05) is 31.2 Å². The highest BCUT2D eigenvalue weighted by molar-refractivity contribution is 7.93. The number of anilines is 1. The van der Waals surface area contributed by atoms with E-state index >= 15 is 0 Å². The fourth-order valence-electron chi connectivity index (χ4n) is 4.53. The molecule has 4 rings (SSSR count). The zero-order chi connectivity index (χ0) is 25.9. The van der Waals surface area contributed by atoms with Gasteiger partial charge in [-0.3, -0.25) is 13.9 Å². The number of amides is 2. The molecule has 1 N–H and O–H groups in total. The van der Waals surface area contributed by atoms with Gasteiger partial charge in [-0.2, -0.15) is 0 Å². The van der Waals surface area contributed by atoms with Crippen LogP contribution in [0.5, 0.6) is 0 Å². The third-order valence-corrected chi connectivity index (χ3v) is 8.48. The SMILES string of the molecule is CCCNC(=O)[C@@H](C)N(Cc1cccc(Cl)c1)C(=O)CCCN1c2cccc3cccc(c23)S1(=O)=O. The van der Waals surface area contributed by atoms with Gasteiger partial charge in [-0.1, -0.05) is 54.9 Å². The molecule has 7 nitrogen and oxygen atoms in total. The Morgan fingerprint density at radius 3 is 2.53 bits per heavy atom. The van der Waals surface area contributed by atoms with Crippen LogP contribution in [0.1, 0.15) is 38.7 Å². The van der Waals surface area contributed by atoms with Crippen LogP contribution < -0.4 is 9.62 Å². The summed E-state index contributed by atoms with van der Waals surface area (Å²) in [6, 6.07) is 17.3. The molecule has 0 saturated carbocycles. The van der Waals surface area contributed by atoms with Crippen LogP contribution in [0.4, 0.5) is 5.69 Å².